The first kappa shape index (κ1) is 11.2. The van der Waals surface area contributed by atoms with Crippen LogP contribution in [0, 0.1) is 5.92 Å². The molecular formula is C11H18ClNO2. The highest BCUT2D eigenvalue weighted by molar-refractivity contribution is 6.31. The molecule has 4 heteroatoms. The van der Waals surface area contributed by atoms with Crippen molar-refractivity contribution in [2.24, 2.45) is 5.92 Å². The number of carbonyl (C=O) groups is 1. The molecule has 0 aliphatic carbocycles. The van der Waals surface area contributed by atoms with Crippen LogP contribution in [0.4, 0.5) is 0 Å². The zero-order valence-corrected chi connectivity index (χ0v) is 9.71. The fraction of sp³-hybridized carbons (Fsp3) is 0.909. The monoisotopic (exact) mass is 231 g/mol. The number of ether oxygens (including phenoxy) is 1. The topological polar surface area (TPSA) is 29.5 Å². The van der Waals surface area contributed by atoms with E-state index in [9.17, 15) is 4.79 Å². The Hall–Kier alpha value is -0.280. The molecule has 86 valence electrons. The second kappa shape index (κ2) is 5.17. The number of hydrogen-bond acceptors (Lipinski definition) is 2. The number of carbonyl (C=O) groups excluding carboxylic acids is 1. The Morgan fingerprint density at radius 1 is 1.33 bits per heavy atom. The molecule has 0 aromatic rings. The molecule has 2 aliphatic rings. The van der Waals surface area contributed by atoms with Crippen LogP contribution in [0.2, 0.25) is 0 Å². The average molecular weight is 232 g/mol. The lowest BCUT2D eigenvalue weighted by Crippen LogP contribution is -2.42. The molecule has 0 saturated carbocycles. The zero-order valence-electron chi connectivity index (χ0n) is 8.95. The molecule has 0 bridgehead atoms. The summed E-state index contributed by atoms with van der Waals surface area (Å²) in [5.41, 5.74) is 0. The molecule has 15 heavy (non-hydrogen) atoms. The average Bonchev–Trinajstić information content (AvgIpc) is 2.82. The first-order chi connectivity index (χ1) is 7.29. The van der Waals surface area contributed by atoms with Crippen molar-refractivity contribution in [2.75, 3.05) is 26.3 Å². The van der Waals surface area contributed by atoms with Gasteiger partial charge in [0.25, 0.3) is 0 Å². The molecule has 0 N–H and O–H groups in total. The molecule has 2 fully saturated rings. The van der Waals surface area contributed by atoms with E-state index in [2.05, 4.69) is 0 Å². The number of likely N-dealkylation sites (tertiary alicyclic amines) is 1. The minimum Gasteiger partial charge on any atom is -0.381 e. The van der Waals surface area contributed by atoms with Gasteiger partial charge < -0.3 is 9.64 Å². The number of piperidine rings is 1. The van der Waals surface area contributed by atoms with E-state index in [-0.39, 0.29) is 17.2 Å². The zero-order chi connectivity index (χ0) is 10.7. The molecule has 0 aromatic carbocycles. The van der Waals surface area contributed by atoms with Gasteiger partial charge in [-0.2, -0.15) is 0 Å². The van der Waals surface area contributed by atoms with Crippen LogP contribution >= 0.6 is 11.6 Å². The number of amides is 1. The maximum Gasteiger partial charge on any atom is 0.241 e. The van der Waals surface area contributed by atoms with Crippen LogP contribution in [0.5, 0.6) is 0 Å². The lowest BCUT2D eigenvalue weighted by atomic mass is 10.0. The standard InChI is InChI=1S/C11H18ClNO2/c12-10(9-4-7-15-8-9)11(14)13-5-2-1-3-6-13/h9-10H,1-8H2. The van der Waals surface area contributed by atoms with Gasteiger partial charge in [-0.15, -0.1) is 11.6 Å². The van der Waals surface area contributed by atoms with E-state index in [1.54, 1.807) is 0 Å². The summed E-state index contributed by atoms with van der Waals surface area (Å²) in [5.74, 6) is 0.341. The molecule has 2 saturated heterocycles. The predicted molar refractivity (Wildman–Crippen MR) is 59.0 cm³/mol. The number of alkyl halides is 1. The number of halogens is 1. The lowest BCUT2D eigenvalue weighted by Gasteiger charge is -2.29. The van der Waals surface area contributed by atoms with Gasteiger partial charge in [0.15, 0.2) is 0 Å². The highest BCUT2D eigenvalue weighted by atomic mass is 35.5. The van der Waals surface area contributed by atoms with Crippen molar-refractivity contribution >= 4 is 17.5 Å². The lowest BCUT2D eigenvalue weighted by molar-refractivity contribution is -0.132. The summed E-state index contributed by atoms with van der Waals surface area (Å²) in [5, 5.41) is -0.370. The molecule has 2 heterocycles. The molecule has 3 nitrogen and oxygen atoms in total. The van der Waals surface area contributed by atoms with Crippen molar-refractivity contribution in [1.82, 2.24) is 4.90 Å². The Morgan fingerprint density at radius 3 is 2.67 bits per heavy atom. The quantitative estimate of drug-likeness (QED) is 0.677. The third-order valence-electron chi connectivity index (χ3n) is 3.28. The second-order valence-electron chi connectivity index (χ2n) is 4.41. The minimum atomic E-state index is -0.370. The Labute approximate surface area is 95.7 Å². The van der Waals surface area contributed by atoms with Crippen LogP contribution in [0.1, 0.15) is 25.7 Å². The largest absolute Gasteiger partial charge is 0.381 e. The van der Waals surface area contributed by atoms with E-state index in [1.807, 2.05) is 4.90 Å². The summed E-state index contributed by atoms with van der Waals surface area (Å²) < 4.78 is 5.26. The second-order valence-corrected chi connectivity index (χ2v) is 4.88. The molecule has 2 aliphatic heterocycles. The maximum atomic E-state index is 12.0. The molecule has 0 radical (unpaired) electrons. The normalized spacial score (nSPS) is 29.1. The summed E-state index contributed by atoms with van der Waals surface area (Å²) in [4.78, 5) is 13.9. The molecule has 0 spiro atoms. The summed E-state index contributed by atoms with van der Waals surface area (Å²) in [6.45, 7) is 3.17. The number of nitrogens with zero attached hydrogens (tertiary/aromatic N) is 1. The van der Waals surface area contributed by atoms with Gasteiger partial charge in [0.05, 0.1) is 6.61 Å². The smallest absolute Gasteiger partial charge is 0.241 e. The Bertz CT molecular complexity index is 223. The SMILES string of the molecule is O=C(C(Cl)C1CCOC1)N1CCCCC1. The summed E-state index contributed by atoms with van der Waals surface area (Å²) in [7, 11) is 0. The Balaban J connectivity index is 1.87. The van der Waals surface area contributed by atoms with Crippen molar-refractivity contribution < 1.29 is 9.53 Å². The maximum absolute atomic E-state index is 12.0. The van der Waals surface area contributed by atoms with Crippen molar-refractivity contribution in [2.45, 2.75) is 31.1 Å². The predicted octanol–water partition coefficient (Wildman–Crippen LogP) is 1.64. The van der Waals surface area contributed by atoms with Crippen LogP contribution in [-0.4, -0.2) is 42.5 Å². The molecule has 2 atom stereocenters. The van der Waals surface area contributed by atoms with E-state index in [0.29, 0.717) is 6.61 Å². The number of rotatable bonds is 2. The Morgan fingerprint density at radius 2 is 2.07 bits per heavy atom. The van der Waals surface area contributed by atoms with E-state index >= 15 is 0 Å². The van der Waals surface area contributed by atoms with Gasteiger partial charge in [-0.3, -0.25) is 4.79 Å². The first-order valence-electron chi connectivity index (χ1n) is 5.79. The van der Waals surface area contributed by atoms with Gasteiger partial charge in [-0.1, -0.05) is 0 Å². The van der Waals surface area contributed by atoms with Gasteiger partial charge in [-0.25, -0.2) is 0 Å². The highest BCUT2D eigenvalue weighted by Gasteiger charge is 2.32. The van der Waals surface area contributed by atoms with Crippen LogP contribution in [-0.2, 0) is 9.53 Å². The van der Waals surface area contributed by atoms with Crippen molar-refractivity contribution in [3.63, 3.8) is 0 Å². The Kier molecular flexibility index (Phi) is 3.87. The highest BCUT2D eigenvalue weighted by Crippen LogP contribution is 2.24. The van der Waals surface area contributed by atoms with Gasteiger partial charge in [0.2, 0.25) is 5.91 Å². The first-order valence-corrected chi connectivity index (χ1v) is 6.23. The van der Waals surface area contributed by atoms with E-state index in [0.717, 1.165) is 39.0 Å². The van der Waals surface area contributed by atoms with Gasteiger partial charge >= 0.3 is 0 Å². The van der Waals surface area contributed by atoms with Crippen molar-refractivity contribution in [3.05, 3.63) is 0 Å². The third-order valence-corrected chi connectivity index (χ3v) is 3.83. The fourth-order valence-electron chi connectivity index (χ4n) is 2.27. The van der Waals surface area contributed by atoms with Gasteiger partial charge in [0.1, 0.15) is 5.38 Å². The molecular weight excluding hydrogens is 214 g/mol. The summed E-state index contributed by atoms with van der Waals surface area (Å²) in [6, 6.07) is 0. The fourth-order valence-corrected chi connectivity index (χ4v) is 2.61. The van der Waals surface area contributed by atoms with Gasteiger partial charge in [-0.05, 0) is 25.7 Å². The molecule has 2 rings (SSSR count). The van der Waals surface area contributed by atoms with Crippen LogP contribution in [0.25, 0.3) is 0 Å². The summed E-state index contributed by atoms with van der Waals surface area (Å²) in [6.07, 6.45) is 4.41. The van der Waals surface area contributed by atoms with Crippen LogP contribution in [0.3, 0.4) is 0 Å². The minimum absolute atomic E-state index is 0.117. The van der Waals surface area contributed by atoms with Gasteiger partial charge in [0, 0.05) is 25.6 Å². The van der Waals surface area contributed by atoms with Crippen molar-refractivity contribution in [3.8, 4) is 0 Å². The number of hydrogen-bond donors (Lipinski definition) is 0. The molecule has 2 unspecified atom stereocenters. The third kappa shape index (κ3) is 2.64. The van der Waals surface area contributed by atoms with Crippen molar-refractivity contribution in [1.29, 1.82) is 0 Å². The molecule has 0 aromatic heterocycles. The van der Waals surface area contributed by atoms with Crippen LogP contribution < -0.4 is 0 Å². The van der Waals surface area contributed by atoms with E-state index in [1.165, 1.54) is 6.42 Å². The van der Waals surface area contributed by atoms with E-state index < -0.39 is 0 Å². The molecule has 1 amide bonds. The van der Waals surface area contributed by atoms with E-state index in [4.69, 9.17) is 16.3 Å². The van der Waals surface area contributed by atoms with Crippen LogP contribution in [0.15, 0.2) is 0 Å². The summed E-state index contributed by atoms with van der Waals surface area (Å²) >= 11 is 6.20.